The molecule has 1 aromatic carbocycles. The number of nitrogens with zero attached hydrogens (tertiary/aromatic N) is 1. The van der Waals surface area contributed by atoms with Crippen molar-refractivity contribution in [3.63, 3.8) is 0 Å². The molecule has 0 amide bonds. The topological polar surface area (TPSA) is 81.0 Å². The number of benzene rings is 1. The number of hydrogen-bond acceptors (Lipinski definition) is 5. The number of aliphatic hydroxyl groups excluding tert-OH is 3. The lowest BCUT2D eigenvalue weighted by Crippen LogP contribution is -2.34. The highest BCUT2D eigenvalue weighted by atomic mass is 16.3. The second-order valence-electron chi connectivity index (χ2n) is 5.94. The molecule has 0 bridgehead atoms. The van der Waals surface area contributed by atoms with Crippen LogP contribution in [0.4, 0.5) is 0 Å². The van der Waals surface area contributed by atoms with Gasteiger partial charge in [-0.3, -0.25) is 9.69 Å². The minimum Gasteiger partial charge on any atom is -0.507 e. The van der Waals surface area contributed by atoms with Gasteiger partial charge >= 0.3 is 0 Å². The fraction of sp³-hybridized carbons (Fsp3) is 0.421. The van der Waals surface area contributed by atoms with Crippen molar-refractivity contribution < 1.29 is 20.1 Å². The minimum absolute atomic E-state index is 0.00970. The fourth-order valence-corrected chi connectivity index (χ4v) is 2.89. The molecule has 1 aliphatic carbocycles. The Kier molecular flexibility index (Phi) is 6.73. The summed E-state index contributed by atoms with van der Waals surface area (Å²) in [5.74, 6) is -0.386. The number of Topliss-reactive ketones (excluding diaryl/α,β-unsaturated/α-hetero) is 1. The molecule has 130 valence electrons. The maximum atomic E-state index is 12.6. The second-order valence-corrected chi connectivity index (χ2v) is 5.94. The molecular formula is C19H25NO4. The van der Waals surface area contributed by atoms with Gasteiger partial charge in [0.1, 0.15) is 5.76 Å². The normalized spacial score (nSPS) is 18.0. The van der Waals surface area contributed by atoms with Crippen LogP contribution in [-0.4, -0.2) is 58.3 Å². The van der Waals surface area contributed by atoms with Gasteiger partial charge in [0.2, 0.25) is 0 Å². The zero-order valence-corrected chi connectivity index (χ0v) is 14.0. The Balaban J connectivity index is 2.25. The van der Waals surface area contributed by atoms with Gasteiger partial charge in [-0.25, -0.2) is 0 Å². The highest BCUT2D eigenvalue weighted by molar-refractivity contribution is 6.11. The summed E-state index contributed by atoms with van der Waals surface area (Å²) in [4.78, 5) is 14.6. The molecular weight excluding hydrogens is 306 g/mol. The highest BCUT2D eigenvalue weighted by Gasteiger charge is 2.28. The molecule has 1 unspecified atom stereocenters. The van der Waals surface area contributed by atoms with Gasteiger partial charge in [0.15, 0.2) is 5.78 Å². The van der Waals surface area contributed by atoms with Crippen LogP contribution >= 0.6 is 0 Å². The maximum Gasteiger partial charge on any atom is 0.196 e. The first-order chi connectivity index (χ1) is 11.6. The molecule has 0 fully saturated rings. The van der Waals surface area contributed by atoms with E-state index in [1.165, 1.54) is 0 Å². The highest BCUT2D eigenvalue weighted by Crippen LogP contribution is 2.27. The van der Waals surface area contributed by atoms with Crippen molar-refractivity contribution in [2.24, 2.45) is 0 Å². The molecule has 0 saturated heterocycles. The summed E-state index contributed by atoms with van der Waals surface area (Å²) < 4.78 is 0. The largest absolute Gasteiger partial charge is 0.507 e. The van der Waals surface area contributed by atoms with Crippen molar-refractivity contribution in [1.82, 2.24) is 4.90 Å². The zero-order chi connectivity index (χ0) is 17.5. The van der Waals surface area contributed by atoms with Gasteiger partial charge in [-0.05, 0) is 19.4 Å². The number of allylic oxidation sites excluding steroid dienone is 1. The minimum atomic E-state index is -0.810. The third-order valence-electron chi connectivity index (χ3n) is 4.14. The van der Waals surface area contributed by atoms with Gasteiger partial charge in [0, 0.05) is 24.2 Å². The van der Waals surface area contributed by atoms with Crippen LogP contribution in [0.1, 0.15) is 30.1 Å². The summed E-state index contributed by atoms with van der Waals surface area (Å²) in [5, 5.41) is 30.0. The van der Waals surface area contributed by atoms with Crippen LogP contribution in [0.2, 0.25) is 0 Å². The van der Waals surface area contributed by atoms with Gasteiger partial charge in [-0.1, -0.05) is 43.3 Å². The lowest BCUT2D eigenvalue weighted by Gasteiger charge is -2.28. The number of aliphatic hydroxyl groups is 3. The number of hydrogen-bond donors (Lipinski definition) is 3. The molecule has 0 radical (unpaired) electrons. The van der Waals surface area contributed by atoms with Gasteiger partial charge in [0.25, 0.3) is 0 Å². The SMILES string of the molecule is CCCN(CCO)CC1=C(O)C(C(=O)c2ccccc2)=CCC1O. The lowest BCUT2D eigenvalue weighted by molar-refractivity contribution is 0.102. The summed E-state index contributed by atoms with van der Waals surface area (Å²) in [5.41, 5.74) is 1.19. The number of carbonyl (C=O) groups is 1. The van der Waals surface area contributed by atoms with Crippen LogP contribution in [0.25, 0.3) is 0 Å². The molecule has 5 heteroatoms. The van der Waals surface area contributed by atoms with E-state index in [4.69, 9.17) is 5.11 Å². The Hall–Kier alpha value is -1.95. The van der Waals surface area contributed by atoms with Crippen LogP contribution < -0.4 is 0 Å². The van der Waals surface area contributed by atoms with E-state index in [2.05, 4.69) is 0 Å². The first-order valence-corrected chi connectivity index (χ1v) is 8.32. The van der Waals surface area contributed by atoms with Crippen molar-refractivity contribution in [1.29, 1.82) is 0 Å². The van der Waals surface area contributed by atoms with Crippen LogP contribution in [0, 0.1) is 0 Å². The van der Waals surface area contributed by atoms with E-state index in [1.807, 2.05) is 17.9 Å². The van der Waals surface area contributed by atoms with Crippen LogP contribution in [0.5, 0.6) is 0 Å². The van der Waals surface area contributed by atoms with Crippen molar-refractivity contribution in [2.75, 3.05) is 26.2 Å². The fourth-order valence-electron chi connectivity index (χ4n) is 2.89. The van der Waals surface area contributed by atoms with E-state index >= 15 is 0 Å². The van der Waals surface area contributed by atoms with Crippen molar-refractivity contribution in [3.05, 3.63) is 58.9 Å². The summed E-state index contributed by atoms with van der Waals surface area (Å²) in [6, 6.07) is 8.79. The van der Waals surface area contributed by atoms with E-state index in [-0.39, 0.29) is 23.7 Å². The monoisotopic (exact) mass is 331 g/mol. The molecule has 2 rings (SSSR count). The third-order valence-corrected chi connectivity index (χ3v) is 4.14. The van der Waals surface area contributed by atoms with E-state index < -0.39 is 6.10 Å². The predicted molar refractivity (Wildman–Crippen MR) is 93.0 cm³/mol. The Morgan fingerprint density at radius 3 is 2.58 bits per heavy atom. The number of rotatable bonds is 8. The second kappa shape index (κ2) is 8.78. The van der Waals surface area contributed by atoms with Crippen LogP contribution in [0.15, 0.2) is 53.3 Å². The molecule has 0 aliphatic heterocycles. The third kappa shape index (κ3) is 4.32. The standard InChI is InChI=1S/C19H25NO4/c1-2-10-20(11-12-21)13-16-17(22)9-8-15(19(16)24)18(23)14-6-4-3-5-7-14/h3-8,17,21-22,24H,2,9-13H2,1H3. The van der Waals surface area contributed by atoms with E-state index in [1.54, 1.807) is 30.3 Å². The number of carbonyl (C=O) groups excluding carboxylic acids is 1. The van der Waals surface area contributed by atoms with Crippen LogP contribution in [-0.2, 0) is 0 Å². The van der Waals surface area contributed by atoms with Gasteiger partial charge in [-0.15, -0.1) is 0 Å². The summed E-state index contributed by atoms with van der Waals surface area (Å²) >= 11 is 0. The quantitative estimate of drug-likeness (QED) is 0.636. The average molecular weight is 331 g/mol. The Labute approximate surface area is 142 Å². The molecule has 5 nitrogen and oxygen atoms in total. The molecule has 1 aromatic rings. The van der Waals surface area contributed by atoms with E-state index in [9.17, 15) is 15.0 Å². The van der Waals surface area contributed by atoms with Crippen molar-refractivity contribution in [3.8, 4) is 0 Å². The summed E-state index contributed by atoms with van der Waals surface area (Å²) in [7, 11) is 0. The van der Waals surface area contributed by atoms with Gasteiger partial charge < -0.3 is 15.3 Å². The Morgan fingerprint density at radius 1 is 1.25 bits per heavy atom. The Bertz CT molecular complexity index is 616. The van der Waals surface area contributed by atoms with Crippen molar-refractivity contribution >= 4 is 5.78 Å². The molecule has 1 atom stereocenters. The molecule has 0 saturated carbocycles. The summed E-state index contributed by atoms with van der Waals surface area (Å²) in [6.45, 7) is 3.58. The predicted octanol–water partition coefficient (Wildman–Crippen LogP) is 2.08. The first kappa shape index (κ1) is 18.4. The van der Waals surface area contributed by atoms with Crippen molar-refractivity contribution in [2.45, 2.75) is 25.9 Å². The van der Waals surface area contributed by atoms with E-state index in [0.29, 0.717) is 30.6 Å². The average Bonchev–Trinajstić information content (AvgIpc) is 2.59. The molecule has 24 heavy (non-hydrogen) atoms. The molecule has 1 aliphatic rings. The van der Waals surface area contributed by atoms with Gasteiger partial charge in [-0.2, -0.15) is 0 Å². The first-order valence-electron chi connectivity index (χ1n) is 8.32. The van der Waals surface area contributed by atoms with Gasteiger partial charge in [0.05, 0.1) is 18.3 Å². The zero-order valence-electron chi connectivity index (χ0n) is 14.0. The molecule has 0 spiro atoms. The van der Waals surface area contributed by atoms with E-state index in [0.717, 1.165) is 13.0 Å². The van der Waals surface area contributed by atoms with Crippen LogP contribution in [0.3, 0.4) is 0 Å². The molecule has 3 N–H and O–H groups in total. The summed E-state index contributed by atoms with van der Waals surface area (Å²) in [6.07, 6.45) is 1.98. The maximum absolute atomic E-state index is 12.6. The molecule has 0 aromatic heterocycles. The smallest absolute Gasteiger partial charge is 0.196 e. The number of ketones is 1. The molecule has 0 heterocycles. The Morgan fingerprint density at radius 2 is 1.96 bits per heavy atom. The lowest BCUT2D eigenvalue weighted by atomic mass is 9.90.